The van der Waals surface area contributed by atoms with E-state index in [1.807, 2.05) is 13.8 Å². The molecule has 0 aliphatic carbocycles. The Morgan fingerprint density at radius 3 is 2.54 bits per heavy atom. The van der Waals surface area contributed by atoms with Crippen molar-refractivity contribution in [2.24, 2.45) is 0 Å². The molecule has 26 heavy (non-hydrogen) atoms. The minimum Gasteiger partial charge on any atom is -0.484 e. The van der Waals surface area contributed by atoms with Gasteiger partial charge in [0.05, 0.1) is 22.2 Å². The van der Waals surface area contributed by atoms with Crippen LogP contribution in [-0.2, 0) is 9.53 Å². The van der Waals surface area contributed by atoms with E-state index < -0.39 is 11.9 Å². The summed E-state index contributed by atoms with van der Waals surface area (Å²) in [5, 5.41) is 3.92. The number of hydrogen-bond acceptors (Lipinski definition) is 5. The second kappa shape index (κ2) is 9.26. The molecule has 5 nitrogen and oxygen atoms in total. The van der Waals surface area contributed by atoms with Crippen LogP contribution in [0.5, 0.6) is 5.75 Å². The Bertz CT molecular complexity index is 804. The van der Waals surface area contributed by atoms with Gasteiger partial charge in [-0.25, -0.2) is 4.79 Å². The number of anilines is 1. The van der Waals surface area contributed by atoms with Crippen LogP contribution < -0.4 is 10.1 Å². The summed E-state index contributed by atoms with van der Waals surface area (Å²) in [6.07, 6.45) is 0. The van der Waals surface area contributed by atoms with Gasteiger partial charge in [-0.1, -0.05) is 37.0 Å². The lowest BCUT2D eigenvalue weighted by molar-refractivity contribution is -0.118. The summed E-state index contributed by atoms with van der Waals surface area (Å²) >= 11 is 13.1. The first-order valence-corrected chi connectivity index (χ1v) is 9.57. The number of thiophene rings is 1. The van der Waals surface area contributed by atoms with Crippen molar-refractivity contribution in [2.45, 2.75) is 26.7 Å². The molecule has 1 amide bonds. The standard InChI is InChI=1S/C18H19Cl2NO4S/c1-4-24-18(23)12-8-15(10(2)3)26-17(12)21-16(22)9-25-11-5-6-13(19)14(20)7-11/h5-8,10H,4,9H2,1-3H3,(H,21,22). The molecule has 1 N–H and O–H groups in total. The highest BCUT2D eigenvalue weighted by atomic mass is 35.5. The zero-order valence-corrected chi connectivity index (χ0v) is 16.9. The van der Waals surface area contributed by atoms with Gasteiger partial charge < -0.3 is 14.8 Å². The minimum atomic E-state index is -0.462. The summed E-state index contributed by atoms with van der Waals surface area (Å²) in [5.41, 5.74) is 0.350. The molecule has 0 atom stereocenters. The maximum Gasteiger partial charge on any atom is 0.341 e. The van der Waals surface area contributed by atoms with Crippen molar-refractivity contribution in [3.8, 4) is 5.75 Å². The van der Waals surface area contributed by atoms with Gasteiger partial charge in [0.2, 0.25) is 0 Å². The maximum absolute atomic E-state index is 12.2. The number of benzene rings is 1. The quantitative estimate of drug-likeness (QED) is 0.616. The zero-order valence-electron chi connectivity index (χ0n) is 14.6. The SMILES string of the molecule is CCOC(=O)c1cc(C(C)C)sc1NC(=O)COc1ccc(Cl)c(Cl)c1. The van der Waals surface area contributed by atoms with E-state index >= 15 is 0 Å². The molecule has 1 heterocycles. The Balaban J connectivity index is 2.07. The van der Waals surface area contributed by atoms with Crippen LogP contribution in [0.15, 0.2) is 24.3 Å². The van der Waals surface area contributed by atoms with Crippen LogP contribution in [0.1, 0.15) is 41.9 Å². The third kappa shape index (κ3) is 5.37. The van der Waals surface area contributed by atoms with Gasteiger partial charge in [0, 0.05) is 10.9 Å². The molecule has 0 saturated carbocycles. The number of esters is 1. The molecule has 0 fully saturated rings. The third-order valence-electron chi connectivity index (χ3n) is 3.33. The lowest BCUT2D eigenvalue weighted by atomic mass is 10.1. The summed E-state index contributed by atoms with van der Waals surface area (Å²) in [6, 6.07) is 6.49. The van der Waals surface area contributed by atoms with Crippen molar-refractivity contribution in [2.75, 3.05) is 18.5 Å². The van der Waals surface area contributed by atoms with Crippen LogP contribution in [0.25, 0.3) is 0 Å². The number of halogens is 2. The molecule has 1 aromatic carbocycles. The summed E-state index contributed by atoms with van der Waals surface area (Å²) in [5.74, 6) is -0.198. The number of nitrogens with one attached hydrogen (secondary N) is 1. The van der Waals surface area contributed by atoms with Crippen molar-refractivity contribution in [1.29, 1.82) is 0 Å². The van der Waals surface area contributed by atoms with E-state index in [0.29, 0.717) is 26.4 Å². The van der Waals surface area contributed by atoms with Crippen LogP contribution in [0.4, 0.5) is 5.00 Å². The van der Waals surface area contributed by atoms with E-state index in [2.05, 4.69) is 5.32 Å². The maximum atomic E-state index is 12.2. The van der Waals surface area contributed by atoms with Gasteiger partial charge in [-0.3, -0.25) is 4.79 Å². The topological polar surface area (TPSA) is 64.6 Å². The largest absolute Gasteiger partial charge is 0.484 e. The molecule has 140 valence electrons. The van der Waals surface area contributed by atoms with Gasteiger partial charge in [0.25, 0.3) is 5.91 Å². The highest BCUT2D eigenvalue weighted by molar-refractivity contribution is 7.16. The first-order valence-electron chi connectivity index (χ1n) is 8.00. The van der Waals surface area contributed by atoms with Gasteiger partial charge in [-0.15, -0.1) is 11.3 Å². The number of rotatable bonds is 7. The average Bonchev–Trinajstić information content (AvgIpc) is 3.00. The van der Waals surface area contributed by atoms with Gasteiger partial charge >= 0.3 is 5.97 Å². The van der Waals surface area contributed by atoms with Crippen LogP contribution in [-0.4, -0.2) is 25.1 Å². The molecule has 2 aromatic rings. The highest BCUT2D eigenvalue weighted by Crippen LogP contribution is 2.33. The fourth-order valence-corrected chi connectivity index (χ4v) is 3.38. The van der Waals surface area contributed by atoms with E-state index in [-0.39, 0.29) is 19.1 Å². The smallest absolute Gasteiger partial charge is 0.341 e. The van der Waals surface area contributed by atoms with E-state index in [1.54, 1.807) is 25.1 Å². The van der Waals surface area contributed by atoms with Crippen molar-refractivity contribution in [3.05, 3.63) is 44.8 Å². The Morgan fingerprint density at radius 2 is 1.92 bits per heavy atom. The molecular formula is C18H19Cl2NO4S. The van der Waals surface area contributed by atoms with Crippen molar-refractivity contribution in [1.82, 2.24) is 0 Å². The molecule has 8 heteroatoms. The molecule has 0 radical (unpaired) electrons. The molecule has 0 aliphatic heterocycles. The summed E-state index contributed by atoms with van der Waals surface area (Å²) in [4.78, 5) is 25.3. The Hall–Kier alpha value is -1.76. The van der Waals surface area contributed by atoms with Gasteiger partial charge in [-0.2, -0.15) is 0 Å². The number of carbonyl (C=O) groups excluding carboxylic acids is 2. The van der Waals surface area contributed by atoms with Gasteiger partial charge in [0.1, 0.15) is 10.8 Å². The lowest BCUT2D eigenvalue weighted by Gasteiger charge is -2.08. The fraction of sp³-hybridized carbons (Fsp3) is 0.333. The second-order valence-electron chi connectivity index (χ2n) is 5.68. The molecular weight excluding hydrogens is 397 g/mol. The third-order valence-corrected chi connectivity index (χ3v) is 5.42. The minimum absolute atomic E-state index is 0.227. The van der Waals surface area contributed by atoms with E-state index in [9.17, 15) is 9.59 Å². The summed E-state index contributed by atoms with van der Waals surface area (Å²) in [7, 11) is 0. The molecule has 0 spiro atoms. The van der Waals surface area contributed by atoms with E-state index in [1.165, 1.54) is 17.4 Å². The number of hydrogen-bond donors (Lipinski definition) is 1. The average molecular weight is 416 g/mol. The van der Waals surface area contributed by atoms with Crippen molar-refractivity contribution < 1.29 is 19.1 Å². The molecule has 0 saturated heterocycles. The first kappa shape index (κ1) is 20.6. The molecule has 2 rings (SSSR count). The number of ether oxygens (including phenoxy) is 2. The van der Waals surface area contributed by atoms with Crippen LogP contribution in [0.2, 0.25) is 10.0 Å². The van der Waals surface area contributed by atoms with Crippen LogP contribution in [0.3, 0.4) is 0 Å². The number of amides is 1. The van der Waals surface area contributed by atoms with E-state index in [4.69, 9.17) is 32.7 Å². The number of carbonyl (C=O) groups is 2. The highest BCUT2D eigenvalue weighted by Gasteiger charge is 2.20. The normalized spacial score (nSPS) is 10.7. The molecule has 0 bridgehead atoms. The predicted octanol–water partition coefficient (Wildman–Crippen LogP) is 5.37. The fourth-order valence-electron chi connectivity index (χ4n) is 2.03. The second-order valence-corrected chi connectivity index (χ2v) is 7.58. The lowest BCUT2D eigenvalue weighted by Crippen LogP contribution is -2.21. The summed E-state index contributed by atoms with van der Waals surface area (Å²) in [6.45, 7) is 5.80. The van der Waals surface area contributed by atoms with Crippen LogP contribution >= 0.6 is 34.5 Å². The van der Waals surface area contributed by atoms with Crippen molar-refractivity contribution >= 4 is 51.4 Å². The van der Waals surface area contributed by atoms with E-state index in [0.717, 1.165) is 4.88 Å². The Labute approximate surface area is 166 Å². The van der Waals surface area contributed by atoms with Gasteiger partial charge in [0.15, 0.2) is 6.61 Å². The Morgan fingerprint density at radius 1 is 1.19 bits per heavy atom. The first-order chi connectivity index (χ1) is 12.3. The van der Waals surface area contributed by atoms with Crippen molar-refractivity contribution in [3.63, 3.8) is 0 Å². The molecule has 0 unspecified atom stereocenters. The molecule has 1 aromatic heterocycles. The monoisotopic (exact) mass is 415 g/mol. The molecule has 0 aliphatic rings. The zero-order chi connectivity index (χ0) is 19.3. The van der Waals surface area contributed by atoms with Crippen LogP contribution in [0, 0.1) is 0 Å². The predicted molar refractivity (Wildman–Crippen MR) is 105 cm³/mol. The summed E-state index contributed by atoms with van der Waals surface area (Å²) < 4.78 is 10.5. The Kier molecular flexibility index (Phi) is 7.32. The van der Waals surface area contributed by atoms with Gasteiger partial charge in [-0.05, 0) is 31.0 Å².